The molecule has 2 rings (SSSR count). The second-order valence-corrected chi connectivity index (χ2v) is 4.10. The summed E-state index contributed by atoms with van der Waals surface area (Å²) in [4.78, 5) is 11.1. The molecular weight excluding hydrogens is 284 g/mol. The highest BCUT2D eigenvalue weighted by atomic mass is 35.5. The van der Waals surface area contributed by atoms with Crippen molar-refractivity contribution >= 4 is 17.4 Å². The Bertz CT molecular complexity index is 489. The van der Waals surface area contributed by atoms with Gasteiger partial charge in [-0.3, -0.25) is 4.79 Å². The lowest BCUT2D eigenvalue weighted by Crippen LogP contribution is -2.02. The third-order valence-electron chi connectivity index (χ3n) is 2.31. The second-order valence-electron chi connectivity index (χ2n) is 3.83. The van der Waals surface area contributed by atoms with E-state index in [4.69, 9.17) is 29.9 Å². The van der Waals surface area contributed by atoms with Gasteiger partial charge >= 0.3 is 0 Å². The van der Waals surface area contributed by atoms with Gasteiger partial charge in [-0.15, -0.1) is 11.6 Å². The van der Waals surface area contributed by atoms with Crippen LogP contribution < -0.4 is 0 Å². The topological polar surface area (TPSA) is 61.8 Å². The van der Waals surface area contributed by atoms with Gasteiger partial charge in [-0.25, -0.2) is 0 Å². The van der Waals surface area contributed by atoms with Gasteiger partial charge in [0.15, 0.2) is 5.76 Å². The van der Waals surface area contributed by atoms with Gasteiger partial charge in [0.2, 0.25) is 5.78 Å². The van der Waals surface area contributed by atoms with Crippen molar-refractivity contribution in [1.29, 1.82) is 0 Å². The van der Waals surface area contributed by atoms with Gasteiger partial charge in [-0.1, -0.05) is 0 Å². The van der Waals surface area contributed by atoms with E-state index in [0.717, 1.165) is 11.1 Å². The van der Waals surface area contributed by atoms with Crippen LogP contribution in [-0.4, -0.2) is 25.9 Å². The lowest BCUT2D eigenvalue weighted by atomic mass is 10.2. The van der Waals surface area contributed by atoms with Crippen molar-refractivity contribution in [1.82, 2.24) is 0 Å². The van der Waals surface area contributed by atoms with Gasteiger partial charge < -0.3 is 18.3 Å². The number of furan rings is 2. The van der Waals surface area contributed by atoms with Crippen LogP contribution in [0.3, 0.4) is 0 Å². The average Bonchev–Trinajstić information content (AvgIpc) is 3.11. The molecule has 0 aliphatic carbocycles. The predicted molar refractivity (Wildman–Crippen MR) is 73.9 cm³/mol. The number of ether oxygens (including phenoxy) is 2. The molecule has 0 amide bonds. The molecule has 0 spiro atoms. The zero-order chi connectivity index (χ0) is 14.8. The molecule has 0 radical (unpaired) electrons. The number of methoxy groups -OCH3 is 2. The maximum Gasteiger partial charge on any atom is 0.213 e. The standard InChI is InChI=1S/C8H9ClO3.C6H8O2/c1-11-5-6-2-3-12-8(6)7(10)4-9;1-7-4-6-2-3-8-5-6/h2-3H,4-5H2,1H3;2-3,5H,4H2,1H3. The first-order chi connectivity index (χ1) is 9.72. The highest BCUT2D eigenvalue weighted by molar-refractivity contribution is 6.30. The van der Waals surface area contributed by atoms with E-state index >= 15 is 0 Å². The second kappa shape index (κ2) is 9.36. The molecule has 0 atom stereocenters. The molecule has 110 valence electrons. The Morgan fingerprint density at radius 1 is 1.20 bits per heavy atom. The molecule has 2 aromatic heterocycles. The van der Waals surface area contributed by atoms with Gasteiger partial charge in [0.25, 0.3) is 0 Å². The van der Waals surface area contributed by atoms with Gasteiger partial charge in [-0.2, -0.15) is 0 Å². The highest BCUT2D eigenvalue weighted by Gasteiger charge is 2.13. The van der Waals surface area contributed by atoms with Crippen LogP contribution in [0.25, 0.3) is 0 Å². The molecule has 0 unspecified atom stereocenters. The lowest BCUT2D eigenvalue weighted by molar-refractivity contribution is 0.0984. The number of carbonyl (C=O) groups excluding carboxylic acids is 1. The smallest absolute Gasteiger partial charge is 0.213 e. The summed E-state index contributed by atoms with van der Waals surface area (Å²) in [6.07, 6.45) is 4.76. The molecule has 0 aliphatic rings. The first-order valence-electron chi connectivity index (χ1n) is 5.87. The van der Waals surface area contributed by atoms with Gasteiger partial charge in [0.1, 0.15) is 0 Å². The molecule has 0 saturated heterocycles. The van der Waals surface area contributed by atoms with Crippen LogP contribution in [0.4, 0.5) is 0 Å². The normalized spacial score (nSPS) is 9.95. The fourth-order valence-corrected chi connectivity index (χ4v) is 1.57. The SMILES string of the molecule is COCc1ccoc1.COCc1ccoc1C(=O)CCl. The molecule has 2 heterocycles. The quantitative estimate of drug-likeness (QED) is 0.605. The Balaban J connectivity index is 0.000000217. The summed E-state index contributed by atoms with van der Waals surface area (Å²) in [5, 5.41) is 0. The monoisotopic (exact) mass is 300 g/mol. The fourth-order valence-electron chi connectivity index (χ4n) is 1.45. The van der Waals surface area contributed by atoms with E-state index in [2.05, 4.69) is 0 Å². The molecule has 0 fully saturated rings. The number of Topliss-reactive ketones (excluding diaryl/α,β-unsaturated/α-hetero) is 1. The third kappa shape index (κ3) is 5.21. The van der Waals surface area contributed by atoms with Crippen molar-refractivity contribution in [2.75, 3.05) is 20.1 Å². The van der Waals surface area contributed by atoms with E-state index in [0.29, 0.717) is 19.0 Å². The van der Waals surface area contributed by atoms with E-state index in [1.165, 1.54) is 6.26 Å². The van der Waals surface area contributed by atoms with E-state index in [1.54, 1.807) is 32.8 Å². The summed E-state index contributed by atoms with van der Waals surface area (Å²) >= 11 is 5.37. The molecule has 20 heavy (non-hydrogen) atoms. The van der Waals surface area contributed by atoms with Crippen molar-refractivity contribution < 1.29 is 23.1 Å². The maximum atomic E-state index is 11.1. The summed E-state index contributed by atoms with van der Waals surface area (Å²) in [6.45, 7) is 1.00. The maximum absolute atomic E-state index is 11.1. The van der Waals surface area contributed by atoms with Crippen LogP contribution in [0, 0.1) is 0 Å². The first-order valence-corrected chi connectivity index (χ1v) is 6.40. The van der Waals surface area contributed by atoms with Gasteiger partial charge in [0.05, 0.1) is 37.9 Å². The number of ketones is 1. The van der Waals surface area contributed by atoms with Crippen LogP contribution in [0.1, 0.15) is 21.7 Å². The molecule has 0 bridgehead atoms. The van der Waals surface area contributed by atoms with Crippen LogP contribution in [0.2, 0.25) is 0 Å². The van der Waals surface area contributed by atoms with Crippen LogP contribution in [0.15, 0.2) is 39.8 Å². The Morgan fingerprint density at radius 2 is 1.95 bits per heavy atom. The molecule has 5 nitrogen and oxygen atoms in total. The molecule has 0 N–H and O–H groups in total. The van der Waals surface area contributed by atoms with Crippen LogP contribution in [0.5, 0.6) is 0 Å². The lowest BCUT2D eigenvalue weighted by Gasteiger charge is -1.97. The number of rotatable bonds is 6. The number of hydrogen-bond donors (Lipinski definition) is 0. The van der Waals surface area contributed by atoms with E-state index in [1.807, 2.05) is 6.07 Å². The Labute approximate surface area is 122 Å². The van der Waals surface area contributed by atoms with E-state index in [9.17, 15) is 4.79 Å². The largest absolute Gasteiger partial charge is 0.472 e. The Morgan fingerprint density at radius 3 is 2.50 bits per heavy atom. The average molecular weight is 301 g/mol. The van der Waals surface area contributed by atoms with Crippen molar-refractivity contribution in [2.45, 2.75) is 13.2 Å². The number of alkyl halides is 1. The number of hydrogen-bond acceptors (Lipinski definition) is 5. The minimum absolute atomic E-state index is 0.0653. The zero-order valence-electron chi connectivity index (χ0n) is 11.4. The first kappa shape index (κ1) is 16.5. The Kier molecular flexibility index (Phi) is 7.72. The zero-order valence-corrected chi connectivity index (χ0v) is 12.2. The van der Waals surface area contributed by atoms with Crippen LogP contribution in [-0.2, 0) is 22.7 Å². The highest BCUT2D eigenvalue weighted by Crippen LogP contribution is 2.12. The van der Waals surface area contributed by atoms with Crippen molar-refractivity contribution in [2.24, 2.45) is 0 Å². The third-order valence-corrected chi connectivity index (χ3v) is 2.56. The Hall–Kier alpha value is -1.56. The molecule has 2 aromatic rings. The minimum atomic E-state index is -0.214. The molecule has 0 saturated carbocycles. The molecule has 0 aromatic carbocycles. The van der Waals surface area contributed by atoms with Crippen molar-refractivity contribution in [3.8, 4) is 0 Å². The number of halogens is 1. The molecular formula is C14H17ClO5. The van der Waals surface area contributed by atoms with Gasteiger partial charge in [0, 0.05) is 25.3 Å². The summed E-state index contributed by atoms with van der Waals surface area (Å²) < 4.78 is 19.4. The molecule has 6 heteroatoms. The number of carbonyl (C=O) groups is 1. The summed E-state index contributed by atoms with van der Waals surface area (Å²) in [5.41, 5.74) is 1.82. The van der Waals surface area contributed by atoms with Gasteiger partial charge in [-0.05, 0) is 12.1 Å². The predicted octanol–water partition coefficient (Wildman–Crippen LogP) is 3.27. The van der Waals surface area contributed by atoms with Crippen molar-refractivity contribution in [3.05, 3.63) is 47.8 Å². The summed E-state index contributed by atoms with van der Waals surface area (Å²) in [7, 11) is 3.22. The van der Waals surface area contributed by atoms with Crippen molar-refractivity contribution in [3.63, 3.8) is 0 Å². The van der Waals surface area contributed by atoms with E-state index < -0.39 is 0 Å². The van der Waals surface area contributed by atoms with E-state index in [-0.39, 0.29) is 11.7 Å². The summed E-state index contributed by atoms with van der Waals surface area (Å²) in [5.74, 6) is 0.0186. The fraction of sp³-hybridized carbons (Fsp3) is 0.357. The summed E-state index contributed by atoms with van der Waals surface area (Å²) in [6, 6.07) is 3.58. The van der Waals surface area contributed by atoms with Crippen LogP contribution >= 0.6 is 11.6 Å². The molecule has 0 aliphatic heterocycles. The minimum Gasteiger partial charge on any atom is -0.472 e.